The summed E-state index contributed by atoms with van der Waals surface area (Å²) < 4.78 is 26.0. The van der Waals surface area contributed by atoms with E-state index in [1.165, 1.54) is 30.1 Å². The van der Waals surface area contributed by atoms with Crippen LogP contribution in [0.15, 0.2) is 47.4 Å². The van der Waals surface area contributed by atoms with E-state index in [9.17, 15) is 13.2 Å². The zero-order valence-electron chi connectivity index (χ0n) is 13.1. The lowest BCUT2D eigenvalue weighted by atomic mass is 10.1. The molecule has 0 aliphatic carbocycles. The minimum Gasteiger partial charge on any atom is -0.337 e. The van der Waals surface area contributed by atoms with Crippen LogP contribution in [0.25, 0.3) is 0 Å². The van der Waals surface area contributed by atoms with Crippen molar-refractivity contribution in [2.24, 2.45) is 0 Å². The first-order valence-corrected chi connectivity index (χ1v) is 9.21. The van der Waals surface area contributed by atoms with Crippen molar-refractivity contribution >= 4 is 39.1 Å². The van der Waals surface area contributed by atoms with Gasteiger partial charge in [-0.3, -0.25) is 4.79 Å². The second-order valence-corrected chi connectivity index (χ2v) is 7.87. The highest BCUT2D eigenvalue weighted by molar-refractivity contribution is 7.89. The lowest BCUT2D eigenvalue weighted by molar-refractivity contribution is 0.0785. The molecule has 5 nitrogen and oxygen atoms in total. The molecule has 0 bridgehead atoms. The van der Waals surface area contributed by atoms with Crippen LogP contribution in [-0.2, 0) is 16.6 Å². The molecule has 0 saturated heterocycles. The van der Waals surface area contributed by atoms with Crippen molar-refractivity contribution < 1.29 is 13.2 Å². The van der Waals surface area contributed by atoms with Crippen LogP contribution in [0.5, 0.6) is 0 Å². The van der Waals surface area contributed by atoms with Crippen molar-refractivity contribution in [2.45, 2.75) is 11.4 Å². The molecule has 24 heavy (non-hydrogen) atoms. The molecule has 1 N–H and O–H groups in total. The average molecular weight is 387 g/mol. The number of sulfonamides is 1. The Bertz CT molecular complexity index is 852. The summed E-state index contributed by atoms with van der Waals surface area (Å²) in [6.07, 6.45) is 0. The Morgan fingerprint density at radius 3 is 2.33 bits per heavy atom. The van der Waals surface area contributed by atoms with Gasteiger partial charge < -0.3 is 4.90 Å². The number of carbonyl (C=O) groups excluding carboxylic acids is 1. The topological polar surface area (TPSA) is 66.5 Å². The SMILES string of the molecule is CNS(=O)(=O)c1ccc(Cl)c(C(=O)N(C)Cc2ccc(Cl)cc2)c1. The van der Waals surface area contributed by atoms with Gasteiger partial charge >= 0.3 is 0 Å². The number of nitrogens with zero attached hydrogens (tertiary/aromatic N) is 1. The fourth-order valence-corrected chi connectivity index (χ4v) is 3.17. The monoisotopic (exact) mass is 386 g/mol. The van der Waals surface area contributed by atoms with Gasteiger partial charge in [-0.25, -0.2) is 13.1 Å². The van der Waals surface area contributed by atoms with Gasteiger partial charge in [-0.1, -0.05) is 35.3 Å². The largest absolute Gasteiger partial charge is 0.337 e. The van der Waals surface area contributed by atoms with Gasteiger partial charge in [0, 0.05) is 18.6 Å². The summed E-state index contributed by atoms with van der Waals surface area (Å²) in [5.41, 5.74) is 1.02. The molecule has 128 valence electrons. The second-order valence-electron chi connectivity index (χ2n) is 5.14. The van der Waals surface area contributed by atoms with Crippen molar-refractivity contribution in [1.82, 2.24) is 9.62 Å². The van der Waals surface area contributed by atoms with E-state index in [1.807, 2.05) is 12.1 Å². The number of rotatable bonds is 5. The number of hydrogen-bond acceptors (Lipinski definition) is 3. The fourth-order valence-electron chi connectivity index (χ4n) is 2.09. The third kappa shape index (κ3) is 4.27. The zero-order chi connectivity index (χ0) is 17.9. The van der Waals surface area contributed by atoms with Gasteiger partial charge in [0.2, 0.25) is 10.0 Å². The van der Waals surface area contributed by atoms with E-state index >= 15 is 0 Å². The van der Waals surface area contributed by atoms with Gasteiger partial charge in [0.15, 0.2) is 0 Å². The van der Waals surface area contributed by atoms with E-state index in [2.05, 4.69) is 4.72 Å². The molecule has 2 rings (SSSR count). The Hall–Kier alpha value is -1.60. The molecule has 0 aromatic heterocycles. The molecule has 0 radical (unpaired) electrons. The normalized spacial score (nSPS) is 11.3. The first kappa shape index (κ1) is 18.7. The predicted octanol–water partition coefficient (Wildman–Crippen LogP) is 3.17. The van der Waals surface area contributed by atoms with E-state index in [4.69, 9.17) is 23.2 Å². The highest BCUT2D eigenvalue weighted by Gasteiger charge is 2.20. The predicted molar refractivity (Wildman–Crippen MR) is 94.9 cm³/mol. The van der Waals surface area contributed by atoms with Crippen LogP contribution >= 0.6 is 23.2 Å². The second kappa shape index (κ2) is 7.53. The molecule has 8 heteroatoms. The Balaban J connectivity index is 2.28. The van der Waals surface area contributed by atoms with Gasteiger partial charge in [0.05, 0.1) is 15.5 Å². The lowest BCUT2D eigenvalue weighted by Gasteiger charge is -2.18. The van der Waals surface area contributed by atoms with Crippen molar-refractivity contribution in [3.05, 3.63) is 63.6 Å². The number of nitrogens with one attached hydrogen (secondary N) is 1. The number of halogens is 2. The van der Waals surface area contributed by atoms with E-state index in [1.54, 1.807) is 19.2 Å². The smallest absolute Gasteiger partial charge is 0.255 e. The van der Waals surface area contributed by atoms with Crippen molar-refractivity contribution in [3.8, 4) is 0 Å². The molecule has 0 atom stereocenters. The van der Waals surface area contributed by atoms with Crippen LogP contribution in [0.1, 0.15) is 15.9 Å². The lowest BCUT2D eigenvalue weighted by Crippen LogP contribution is -2.27. The minimum atomic E-state index is -3.65. The van der Waals surface area contributed by atoms with E-state index in [0.29, 0.717) is 11.6 Å². The Labute approximate surface area is 151 Å². The maximum atomic E-state index is 12.6. The summed E-state index contributed by atoms with van der Waals surface area (Å²) >= 11 is 11.9. The van der Waals surface area contributed by atoms with E-state index < -0.39 is 10.0 Å². The summed E-state index contributed by atoms with van der Waals surface area (Å²) in [6.45, 7) is 0.343. The molecule has 0 unspecified atom stereocenters. The standard InChI is InChI=1S/C16H16Cl2N2O3S/c1-19-24(22,23)13-7-8-15(18)14(9-13)16(21)20(2)10-11-3-5-12(17)6-4-11/h3-9,19H,10H2,1-2H3. The van der Waals surface area contributed by atoms with Gasteiger partial charge in [0.25, 0.3) is 5.91 Å². The Morgan fingerprint density at radius 1 is 1.12 bits per heavy atom. The summed E-state index contributed by atoms with van der Waals surface area (Å²) in [5, 5.41) is 0.804. The highest BCUT2D eigenvalue weighted by Crippen LogP contribution is 2.22. The molecule has 0 spiro atoms. The average Bonchev–Trinajstić information content (AvgIpc) is 2.56. The molecule has 2 aromatic carbocycles. The van der Waals surface area contributed by atoms with Crippen LogP contribution in [0, 0.1) is 0 Å². The maximum Gasteiger partial charge on any atom is 0.255 e. The number of amides is 1. The molecule has 0 heterocycles. The molecule has 0 aliphatic rings. The number of carbonyl (C=O) groups is 1. The van der Waals surface area contributed by atoms with Crippen LogP contribution < -0.4 is 4.72 Å². The molecule has 1 amide bonds. The van der Waals surface area contributed by atoms with Crippen molar-refractivity contribution in [1.29, 1.82) is 0 Å². The molecule has 2 aromatic rings. The Kier molecular flexibility index (Phi) is 5.87. The number of benzene rings is 2. The van der Waals surface area contributed by atoms with Crippen LogP contribution in [-0.4, -0.2) is 33.3 Å². The maximum absolute atomic E-state index is 12.6. The molecular formula is C16H16Cl2N2O3S. The summed E-state index contributed by atoms with van der Waals surface area (Å²) in [5.74, 6) is -0.372. The van der Waals surface area contributed by atoms with Crippen LogP contribution in [0.2, 0.25) is 10.0 Å². The fraction of sp³-hybridized carbons (Fsp3) is 0.188. The van der Waals surface area contributed by atoms with Gasteiger partial charge in [-0.2, -0.15) is 0 Å². The van der Waals surface area contributed by atoms with Gasteiger partial charge in [0.1, 0.15) is 0 Å². The summed E-state index contributed by atoms with van der Waals surface area (Å²) in [4.78, 5) is 14.0. The summed E-state index contributed by atoms with van der Waals surface area (Å²) in [7, 11) is -0.733. The molecule has 0 aliphatic heterocycles. The van der Waals surface area contributed by atoms with Crippen LogP contribution in [0.3, 0.4) is 0 Å². The molecule has 0 fully saturated rings. The number of hydrogen-bond donors (Lipinski definition) is 1. The molecular weight excluding hydrogens is 371 g/mol. The zero-order valence-corrected chi connectivity index (χ0v) is 15.4. The Morgan fingerprint density at radius 2 is 1.75 bits per heavy atom. The quantitative estimate of drug-likeness (QED) is 0.857. The molecule has 0 saturated carbocycles. The van der Waals surface area contributed by atoms with Gasteiger partial charge in [-0.05, 0) is 42.9 Å². The minimum absolute atomic E-state index is 0.0161. The van der Waals surface area contributed by atoms with E-state index in [0.717, 1.165) is 5.56 Å². The highest BCUT2D eigenvalue weighted by atomic mass is 35.5. The first-order chi connectivity index (χ1) is 11.2. The third-order valence-electron chi connectivity index (χ3n) is 3.43. The third-order valence-corrected chi connectivity index (χ3v) is 5.42. The van der Waals surface area contributed by atoms with Gasteiger partial charge in [-0.15, -0.1) is 0 Å². The van der Waals surface area contributed by atoms with Crippen molar-refractivity contribution in [2.75, 3.05) is 14.1 Å². The van der Waals surface area contributed by atoms with E-state index in [-0.39, 0.29) is 21.4 Å². The first-order valence-electron chi connectivity index (χ1n) is 6.97. The van der Waals surface area contributed by atoms with Crippen LogP contribution in [0.4, 0.5) is 0 Å². The summed E-state index contributed by atoms with van der Waals surface area (Å²) in [6, 6.07) is 11.1. The van der Waals surface area contributed by atoms with Crippen molar-refractivity contribution in [3.63, 3.8) is 0 Å².